The number of anilines is 1. The minimum atomic E-state index is -0.814. The van der Waals surface area contributed by atoms with Gasteiger partial charge in [0.25, 0.3) is 0 Å². The zero-order valence-electron chi connectivity index (χ0n) is 9.69. The lowest BCUT2D eigenvalue weighted by Gasteiger charge is -2.05. The summed E-state index contributed by atoms with van der Waals surface area (Å²) in [7, 11) is 0. The Morgan fingerprint density at radius 3 is 2.67 bits per heavy atom. The Balaban J connectivity index is 2.20. The summed E-state index contributed by atoms with van der Waals surface area (Å²) >= 11 is 7.25. The number of carbonyl (C=O) groups is 2. The highest BCUT2D eigenvalue weighted by Crippen LogP contribution is 2.15. The first-order valence-corrected chi connectivity index (χ1v) is 6.96. The molecule has 18 heavy (non-hydrogen) atoms. The van der Waals surface area contributed by atoms with Gasteiger partial charge in [0.05, 0.1) is 6.42 Å². The van der Waals surface area contributed by atoms with Crippen molar-refractivity contribution in [1.29, 1.82) is 0 Å². The van der Waals surface area contributed by atoms with E-state index in [0.717, 1.165) is 0 Å². The predicted octanol–water partition coefficient (Wildman–Crippen LogP) is 2.88. The van der Waals surface area contributed by atoms with Crippen molar-refractivity contribution in [2.45, 2.75) is 12.8 Å². The van der Waals surface area contributed by atoms with Crippen molar-refractivity contribution < 1.29 is 14.7 Å². The lowest BCUT2D eigenvalue weighted by atomic mass is 10.3. The number of aliphatic carboxylic acids is 1. The molecule has 98 valence electrons. The molecule has 0 fully saturated rings. The third-order valence-corrected chi connectivity index (χ3v) is 3.26. The lowest BCUT2D eigenvalue weighted by Crippen LogP contribution is -2.12. The van der Waals surface area contributed by atoms with Crippen LogP contribution in [0.5, 0.6) is 0 Å². The summed E-state index contributed by atoms with van der Waals surface area (Å²) in [6.45, 7) is 0. The fourth-order valence-corrected chi connectivity index (χ4v) is 2.26. The molecule has 0 aliphatic heterocycles. The van der Waals surface area contributed by atoms with E-state index >= 15 is 0 Å². The summed E-state index contributed by atoms with van der Waals surface area (Å²) in [5.41, 5.74) is 0.669. The number of benzene rings is 1. The number of nitrogens with one attached hydrogen (secondary N) is 1. The second-order valence-corrected chi connectivity index (χ2v) is 5.23. The van der Waals surface area contributed by atoms with E-state index in [1.165, 1.54) is 11.8 Å². The number of thioether (sulfide) groups is 1. The zero-order valence-corrected chi connectivity index (χ0v) is 11.3. The van der Waals surface area contributed by atoms with Crippen LogP contribution in [0.4, 0.5) is 5.69 Å². The molecule has 0 heterocycles. The first kappa shape index (κ1) is 14.9. The second-order valence-electron chi connectivity index (χ2n) is 3.56. The molecule has 1 aromatic rings. The van der Waals surface area contributed by atoms with Crippen LogP contribution in [0.3, 0.4) is 0 Å². The number of rotatable bonds is 7. The lowest BCUT2D eigenvalue weighted by molar-refractivity contribution is -0.136. The van der Waals surface area contributed by atoms with E-state index in [4.69, 9.17) is 16.7 Å². The van der Waals surface area contributed by atoms with E-state index in [0.29, 0.717) is 28.6 Å². The molecule has 0 saturated carbocycles. The minimum Gasteiger partial charge on any atom is -0.481 e. The quantitative estimate of drug-likeness (QED) is 0.757. The maximum absolute atomic E-state index is 11.5. The van der Waals surface area contributed by atoms with Crippen molar-refractivity contribution in [3.8, 4) is 0 Å². The van der Waals surface area contributed by atoms with Crippen LogP contribution in [-0.2, 0) is 9.59 Å². The second kappa shape index (κ2) is 8.00. The Morgan fingerprint density at radius 1 is 1.28 bits per heavy atom. The number of hydrogen-bond donors (Lipinski definition) is 2. The fourth-order valence-electron chi connectivity index (χ4n) is 1.22. The molecular weight excluding hydrogens is 274 g/mol. The molecule has 1 amide bonds. The average Bonchev–Trinajstić information content (AvgIpc) is 2.28. The number of amides is 1. The summed E-state index contributed by atoms with van der Waals surface area (Å²) in [6.07, 6.45) is 0.484. The van der Waals surface area contributed by atoms with Crippen LogP contribution < -0.4 is 5.32 Å². The number of halogens is 1. The summed E-state index contributed by atoms with van der Waals surface area (Å²) in [6, 6.07) is 6.94. The van der Waals surface area contributed by atoms with Gasteiger partial charge in [-0.05, 0) is 18.2 Å². The first-order valence-electron chi connectivity index (χ1n) is 5.43. The summed E-state index contributed by atoms with van der Waals surface area (Å²) < 4.78 is 0. The molecule has 1 rings (SSSR count). The van der Waals surface area contributed by atoms with Crippen molar-refractivity contribution in [2.24, 2.45) is 0 Å². The molecule has 1 aromatic carbocycles. The van der Waals surface area contributed by atoms with Gasteiger partial charge in [0, 0.05) is 28.6 Å². The molecular formula is C12H14ClNO3S. The van der Waals surface area contributed by atoms with Crippen molar-refractivity contribution in [3.05, 3.63) is 29.3 Å². The van der Waals surface area contributed by atoms with E-state index in [2.05, 4.69) is 5.32 Å². The van der Waals surface area contributed by atoms with Crippen LogP contribution in [0.15, 0.2) is 24.3 Å². The molecule has 2 N–H and O–H groups in total. The standard InChI is InChI=1S/C12H14ClNO3S/c13-9-2-1-3-10(8-9)14-11(15)4-6-18-7-5-12(16)17/h1-3,8H,4-7H2,(H,14,15)(H,16,17). The minimum absolute atomic E-state index is 0.0971. The third kappa shape index (κ3) is 6.51. The maximum atomic E-state index is 11.5. The number of carboxylic acid groups (broad SMARTS) is 1. The van der Waals surface area contributed by atoms with Crippen molar-refractivity contribution in [2.75, 3.05) is 16.8 Å². The predicted molar refractivity (Wildman–Crippen MR) is 74.3 cm³/mol. The van der Waals surface area contributed by atoms with E-state index in [-0.39, 0.29) is 12.3 Å². The average molecular weight is 288 g/mol. The van der Waals surface area contributed by atoms with Crippen LogP contribution >= 0.6 is 23.4 Å². The largest absolute Gasteiger partial charge is 0.481 e. The highest BCUT2D eigenvalue weighted by molar-refractivity contribution is 7.99. The fraction of sp³-hybridized carbons (Fsp3) is 0.333. The Kier molecular flexibility index (Phi) is 6.60. The molecule has 0 aliphatic rings. The van der Waals surface area contributed by atoms with E-state index in [9.17, 15) is 9.59 Å². The van der Waals surface area contributed by atoms with Crippen LogP contribution in [0.1, 0.15) is 12.8 Å². The Labute approximate surface area is 115 Å². The smallest absolute Gasteiger partial charge is 0.304 e. The van der Waals surface area contributed by atoms with Crippen LogP contribution in [-0.4, -0.2) is 28.5 Å². The molecule has 0 bridgehead atoms. The molecule has 0 radical (unpaired) electrons. The molecule has 0 saturated heterocycles. The van der Waals surface area contributed by atoms with Crippen LogP contribution in [0.25, 0.3) is 0 Å². The molecule has 6 heteroatoms. The van der Waals surface area contributed by atoms with Crippen molar-refractivity contribution in [3.63, 3.8) is 0 Å². The van der Waals surface area contributed by atoms with Gasteiger partial charge in [-0.3, -0.25) is 9.59 Å². The Bertz CT molecular complexity index is 426. The highest BCUT2D eigenvalue weighted by atomic mass is 35.5. The normalized spacial score (nSPS) is 10.1. The van der Waals surface area contributed by atoms with Gasteiger partial charge < -0.3 is 10.4 Å². The SMILES string of the molecule is O=C(O)CCSCCC(=O)Nc1cccc(Cl)c1. The number of hydrogen-bond acceptors (Lipinski definition) is 3. The monoisotopic (exact) mass is 287 g/mol. The Morgan fingerprint density at radius 2 is 2.00 bits per heavy atom. The molecule has 0 unspecified atom stereocenters. The van der Waals surface area contributed by atoms with Gasteiger partial charge in [-0.1, -0.05) is 17.7 Å². The van der Waals surface area contributed by atoms with Gasteiger partial charge in [-0.15, -0.1) is 0 Å². The van der Waals surface area contributed by atoms with Crippen LogP contribution in [0, 0.1) is 0 Å². The summed E-state index contributed by atoms with van der Waals surface area (Å²) in [4.78, 5) is 21.8. The molecule has 0 aromatic heterocycles. The topological polar surface area (TPSA) is 66.4 Å². The van der Waals surface area contributed by atoms with E-state index in [1.807, 2.05) is 0 Å². The van der Waals surface area contributed by atoms with Gasteiger partial charge in [-0.25, -0.2) is 0 Å². The summed E-state index contributed by atoms with van der Waals surface area (Å²) in [5, 5.41) is 11.7. The van der Waals surface area contributed by atoms with Crippen molar-refractivity contribution in [1.82, 2.24) is 0 Å². The van der Waals surface area contributed by atoms with Gasteiger partial charge in [0.15, 0.2) is 0 Å². The van der Waals surface area contributed by atoms with E-state index in [1.54, 1.807) is 24.3 Å². The molecule has 0 atom stereocenters. The number of carboxylic acids is 1. The summed E-state index contributed by atoms with van der Waals surface area (Å²) in [5.74, 6) is 0.227. The molecule has 0 aliphatic carbocycles. The molecule has 0 spiro atoms. The third-order valence-electron chi connectivity index (χ3n) is 2.04. The van der Waals surface area contributed by atoms with Crippen LogP contribution in [0.2, 0.25) is 5.02 Å². The van der Waals surface area contributed by atoms with Crippen molar-refractivity contribution >= 4 is 40.9 Å². The zero-order chi connectivity index (χ0) is 13.4. The first-order chi connectivity index (χ1) is 8.58. The van der Waals surface area contributed by atoms with Gasteiger partial charge in [-0.2, -0.15) is 11.8 Å². The number of carbonyl (C=O) groups excluding carboxylic acids is 1. The molecule has 4 nitrogen and oxygen atoms in total. The highest BCUT2D eigenvalue weighted by Gasteiger charge is 2.03. The Hall–Kier alpha value is -1.20. The van der Waals surface area contributed by atoms with Gasteiger partial charge in [0.2, 0.25) is 5.91 Å². The maximum Gasteiger partial charge on any atom is 0.304 e. The van der Waals surface area contributed by atoms with E-state index < -0.39 is 5.97 Å². The van der Waals surface area contributed by atoms with Gasteiger partial charge in [0.1, 0.15) is 0 Å². The van der Waals surface area contributed by atoms with Gasteiger partial charge >= 0.3 is 5.97 Å².